The van der Waals surface area contributed by atoms with Crippen LogP contribution in [0.3, 0.4) is 0 Å². The number of halogens is 2. The number of carbonyl (C=O) groups is 1. The van der Waals surface area contributed by atoms with Crippen molar-refractivity contribution in [3.8, 4) is 0 Å². The molecule has 0 saturated carbocycles. The number of carbonyl (C=O) groups excluding carboxylic acids is 1. The van der Waals surface area contributed by atoms with Crippen molar-refractivity contribution in [2.24, 2.45) is 0 Å². The molecule has 1 N–H and O–H groups in total. The maximum absolute atomic E-state index is 12.4. The number of hydrogen-bond donors (Lipinski definition) is 1. The van der Waals surface area contributed by atoms with Crippen LogP contribution in [0.1, 0.15) is 21.5 Å². The first-order valence-electron chi connectivity index (χ1n) is 9.08. The minimum Gasteiger partial charge on any atom is -0.348 e. The van der Waals surface area contributed by atoms with E-state index in [9.17, 15) is 13.2 Å². The van der Waals surface area contributed by atoms with Gasteiger partial charge >= 0.3 is 0 Å². The summed E-state index contributed by atoms with van der Waals surface area (Å²) in [6, 6.07) is 21.0. The largest absolute Gasteiger partial charge is 0.348 e. The number of nitrogens with one attached hydrogen (secondary N) is 1. The Morgan fingerprint density at radius 3 is 2.23 bits per heavy atom. The zero-order chi connectivity index (χ0) is 21.7. The van der Waals surface area contributed by atoms with E-state index in [2.05, 4.69) is 5.32 Å². The van der Waals surface area contributed by atoms with Crippen molar-refractivity contribution in [3.05, 3.63) is 99.5 Å². The van der Waals surface area contributed by atoms with Crippen molar-refractivity contribution in [1.29, 1.82) is 0 Å². The number of nitrogens with zero attached hydrogens (tertiary/aromatic N) is 1. The van der Waals surface area contributed by atoms with Crippen molar-refractivity contribution >= 4 is 44.8 Å². The fourth-order valence-corrected chi connectivity index (χ4v) is 4.14. The van der Waals surface area contributed by atoms with E-state index in [1.807, 2.05) is 30.3 Å². The molecule has 1 amide bonds. The summed E-state index contributed by atoms with van der Waals surface area (Å²) in [4.78, 5) is 12.4. The molecule has 0 aromatic heterocycles. The Kier molecular flexibility index (Phi) is 7.02. The Balaban J connectivity index is 1.77. The summed E-state index contributed by atoms with van der Waals surface area (Å²) in [5.41, 5.74) is 2.43. The highest BCUT2D eigenvalue weighted by molar-refractivity contribution is 7.92. The van der Waals surface area contributed by atoms with E-state index in [4.69, 9.17) is 23.2 Å². The van der Waals surface area contributed by atoms with E-state index >= 15 is 0 Å². The first-order valence-corrected chi connectivity index (χ1v) is 11.7. The van der Waals surface area contributed by atoms with Crippen LogP contribution in [0.4, 0.5) is 5.69 Å². The molecule has 30 heavy (non-hydrogen) atoms. The molecular formula is C22H20Cl2N2O3S. The molecule has 0 spiro atoms. The average Bonchev–Trinajstić information content (AvgIpc) is 2.73. The molecule has 3 aromatic rings. The molecule has 156 valence electrons. The molecule has 0 aliphatic carbocycles. The lowest BCUT2D eigenvalue weighted by Gasteiger charge is -2.23. The Labute approximate surface area is 186 Å². The second kappa shape index (κ2) is 9.51. The number of amides is 1. The Morgan fingerprint density at radius 1 is 0.933 bits per heavy atom. The first kappa shape index (κ1) is 22.2. The molecule has 0 aliphatic rings. The second-order valence-corrected chi connectivity index (χ2v) is 9.39. The lowest BCUT2D eigenvalue weighted by molar-refractivity contribution is 0.0951. The van der Waals surface area contributed by atoms with Gasteiger partial charge in [0.15, 0.2) is 0 Å². The Morgan fingerprint density at radius 2 is 1.60 bits per heavy atom. The van der Waals surface area contributed by atoms with Gasteiger partial charge in [-0.05, 0) is 41.5 Å². The topological polar surface area (TPSA) is 66.5 Å². The molecular weight excluding hydrogens is 443 g/mol. The van der Waals surface area contributed by atoms with Gasteiger partial charge in [0.05, 0.1) is 28.5 Å². The van der Waals surface area contributed by atoms with Gasteiger partial charge < -0.3 is 5.32 Å². The van der Waals surface area contributed by atoms with Crippen LogP contribution < -0.4 is 9.62 Å². The van der Waals surface area contributed by atoms with Crippen molar-refractivity contribution in [2.45, 2.75) is 13.1 Å². The minimum atomic E-state index is -3.59. The summed E-state index contributed by atoms with van der Waals surface area (Å²) in [5, 5.41) is 3.51. The van der Waals surface area contributed by atoms with Crippen LogP contribution in [0, 0.1) is 0 Å². The van der Waals surface area contributed by atoms with E-state index < -0.39 is 10.0 Å². The third kappa shape index (κ3) is 5.53. The number of anilines is 1. The summed E-state index contributed by atoms with van der Waals surface area (Å²) < 4.78 is 26.0. The number of rotatable bonds is 7. The monoisotopic (exact) mass is 462 g/mol. The maximum atomic E-state index is 12.4. The number of hydrogen-bond acceptors (Lipinski definition) is 3. The molecule has 0 bridgehead atoms. The van der Waals surface area contributed by atoms with Crippen LogP contribution in [0.5, 0.6) is 0 Å². The van der Waals surface area contributed by atoms with Crippen LogP contribution in [0.2, 0.25) is 10.0 Å². The molecule has 3 rings (SSSR count). The van der Waals surface area contributed by atoms with Crippen LogP contribution in [0.25, 0.3) is 0 Å². The van der Waals surface area contributed by atoms with Gasteiger partial charge in [0, 0.05) is 12.1 Å². The predicted octanol–water partition coefficient (Wildman–Crippen LogP) is 4.89. The summed E-state index contributed by atoms with van der Waals surface area (Å²) in [7, 11) is -3.59. The van der Waals surface area contributed by atoms with Gasteiger partial charge in [-0.2, -0.15) is 0 Å². The maximum Gasteiger partial charge on any atom is 0.251 e. The van der Waals surface area contributed by atoms with Gasteiger partial charge in [0.2, 0.25) is 10.0 Å². The van der Waals surface area contributed by atoms with Crippen LogP contribution in [-0.4, -0.2) is 20.6 Å². The quantitative estimate of drug-likeness (QED) is 0.543. The molecule has 8 heteroatoms. The third-order valence-corrected chi connectivity index (χ3v) is 6.46. The van der Waals surface area contributed by atoms with Gasteiger partial charge in [-0.3, -0.25) is 9.10 Å². The predicted molar refractivity (Wildman–Crippen MR) is 122 cm³/mol. The van der Waals surface area contributed by atoms with Gasteiger partial charge in [0.25, 0.3) is 5.91 Å². The summed E-state index contributed by atoms with van der Waals surface area (Å²) >= 11 is 12.3. The summed E-state index contributed by atoms with van der Waals surface area (Å²) in [5.74, 6) is -0.241. The van der Waals surface area contributed by atoms with Gasteiger partial charge in [-0.25, -0.2) is 8.42 Å². The van der Waals surface area contributed by atoms with E-state index in [0.29, 0.717) is 33.4 Å². The summed E-state index contributed by atoms with van der Waals surface area (Å²) in [6.07, 6.45) is 1.12. The summed E-state index contributed by atoms with van der Waals surface area (Å²) in [6.45, 7) is 0.432. The van der Waals surface area contributed by atoms with Crippen LogP contribution in [-0.2, 0) is 23.1 Å². The van der Waals surface area contributed by atoms with Crippen molar-refractivity contribution < 1.29 is 13.2 Å². The molecule has 3 aromatic carbocycles. The van der Waals surface area contributed by atoms with E-state index in [-0.39, 0.29) is 12.5 Å². The molecule has 0 heterocycles. The smallest absolute Gasteiger partial charge is 0.251 e. The molecule has 0 saturated heterocycles. The lowest BCUT2D eigenvalue weighted by Crippen LogP contribution is -2.29. The molecule has 0 radical (unpaired) electrons. The van der Waals surface area contributed by atoms with Crippen molar-refractivity contribution in [3.63, 3.8) is 0 Å². The minimum absolute atomic E-state index is 0.0256. The zero-order valence-corrected chi connectivity index (χ0v) is 18.5. The number of sulfonamides is 1. The number of benzene rings is 3. The van der Waals surface area contributed by atoms with E-state index in [1.54, 1.807) is 42.5 Å². The third-order valence-electron chi connectivity index (χ3n) is 4.46. The SMILES string of the molecule is CS(=O)(=O)N(Cc1cccc(Cl)c1Cl)c1ccc(C(=O)NCc2ccccc2)cc1. The molecule has 0 fully saturated rings. The highest BCUT2D eigenvalue weighted by atomic mass is 35.5. The Bertz CT molecular complexity index is 1130. The normalized spacial score (nSPS) is 11.2. The second-order valence-electron chi connectivity index (χ2n) is 6.70. The highest BCUT2D eigenvalue weighted by Crippen LogP contribution is 2.29. The molecule has 0 atom stereocenters. The molecule has 0 unspecified atom stereocenters. The average molecular weight is 463 g/mol. The van der Waals surface area contributed by atoms with E-state index in [1.165, 1.54) is 4.31 Å². The highest BCUT2D eigenvalue weighted by Gasteiger charge is 2.20. The standard InChI is InChI=1S/C22H20Cl2N2O3S/c1-30(28,29)26(15-18-8-5-9-20(23)21(18)24)19-12-10-17(11-13-19)22(27)25-14-16-6-3-2-4-7-16/h2-13H,14-15H2,1H3,(H,25,27). The molecule has 0 aliphatic heterocycles. The van der Waals surface area contributed by atoms with Gasteiger partial charge in [0.1, 0.15) is 0 Å². The fraction of sp³-hybridized carbons (Fsp3) is 0.136. The van der Waals surface area contributed by atoms with Gasteiger partial charge in [-0.1, -0.05) is 65.7 Å². The van der Waals surface area contributed by atoms with E-state index in [0.717, 1.165) is 11.8 Å². The zero-order valence-electron chi connectivity index (χ0n) is 16.2. The van der Waals surface area contributed by atoms with Crippen molar-refractivity contribution in [2.75, 3.05) is 10.6 Å². The van der Waals surface area contributed by atoms with Crippen molar-refractivity contribution in [1.82, 2.24) is 5.32 Å². The van der Waals surface area contributed by atoms with Crippen LogP contribution >= 0.6 is 23.2 Å². The Hall–Kier alpha value is -2.54. The van der Waals surface area contributed by atoms with Crippen LogP contribution in [0.15, 0.2) is 72.8 Å². The molecule has 5 nitrogen and oxygen atoms in total. The first-order chi connectivity index (χ1) is 14.3. The lowest BCUT2D eigenvalue weighted by atomic mass is 10.1. The van der Waals surface area contributed by atoms with Gasteiger partial charge in [-0.15, -0.1) is 0 Å². The fourth-order valence-electron chi connectivity index (χ4n) is 2.88.